The van der Waals surface area contributed by atoms with E-state index in [9.17, 15) is 14.8 Å². The minimum atomic E-state index is -0.416. The van der Waals surface area contributed by atoms with Crippen LogP contribution in [-0.2, 0) is 16.1 Å². The maximum absolute atomic E-state index is 12.6. The van der Waals surface area contributed by atoms with Crippen LogP contribution in [0.15, 0.2) is 54.6 Å². The van der Waals surface area contributed by atoms with Crippen LogP contribution in [0.4, 0.5) is 4.79 Å². The first-order chi connectivity index (χ1) is 17.9. The van der Waals surface area contributed by atoms with Gasteiger partial charge < -0.3 is 23.7 Å². The van der Waals surface area contributed by atoms with Crippen LogP contribution in [0.25, 0.3) is 22.4 Å². The molecule has 3 aromatic rings. The Hall–Kier alpha value is -3.98. The number of urea groups is 1. The highest BCUT2D eigenvalue weighted by Gasteiger charge is 2.30. The minimum absolute atomic E-state index is 0.0574. The first-order valence-corrected chi connectivity index (χ1v) is 12.2. The molecular formula is C28H33N3O6. The van der Waals surface area contributed by atoms with E-state index >= 15 is 0 Å². The average Bonchev–Trinajstić information content (AvgIpc) is 3.31. The number of ether oxygens (including phenoxy) is 3. The quantitative estimate of drug-likeness (QED) is 0.285. The zero-order valence-corrected chi connectivity index (χ0v) is 21.6. The molecule has 2 aromatic carbocycles. The van der Waals surface area contributed by atoms with Crippen LogP contribution in [0.5, 0.6) is 11.5 Å². The Morgan fingerprint density at radius 3 is 1.95 bits per heavy atom. The van der Waals surface area contributed by atoms with Crippen LogP contribution >= 0.6 is 0 Å². The molecule has 1 aliphatic heterocycles. The standard InChI is InChI=1S/C28H33N3O6/c1-29(34)28(33)30-15-13-20(14-16-30)25-17-24(19-5-9-22(35-2)10-6-19)27(31(25)18-26(32)37-4)21-7-11-23(36-3)12-8-21/h5-12,17,20,34H,13-16,18H2,1-4H3. The van der Waals surface area contributed by atoms with Crippen LogP contribution in [0.2, 0.25) is 0 Å². The Morgan fingerprint density at radius 2 is 1.46 bits per heavy atom. The first kappa shape index (κ1) is 26.1. The molecule has 1 aliphatic rings. The molecule has 1 fully saturated rings. The summed E-state index contributed by atoms with van der Waals surface area (Å²) in [6, 6.07) is 17.3. The van der Waals surface area contributed by atoms with Crippen molar-refractivity contribution in [2.75, 3.05) is 41.5 Å². The molecule has 9 heteroatoms. The zero-order valence-electron chi connectivity index (χ0n) is 21.6. The van der Waals surface area contributed by atoms with E-state index in [0.29, 0.717) is 31.0 Å². The summed E-state index contributed by atoms with van der Waals surface area (Å²) in [6.45, 7) is 1.07. The molecule has 37 heavy (non-hydrogen) atoms. The molecule has 0 unspecified atom stereocenters. The maximum Gasteiger partial charge on any atom is 0.343 e. The van der Waals surface area contributed by atoms with E-state index in [-0.39, 0.29) is 18.4 Å². The number of hydrogen-bond acceptors (Lipinski definition) is 6. The maximum atomic E-state index is 12.6. The Morgan fingerprint density at radius 1 is 0.919 bits per heavy atom. The van der Waals surface area contributed by atoms with Gasteiger partial charge in [-0.15, -0.1) is 0 Å². The second-order valence-electron chi connectivity index (χ2n) is 9.02. The van der Waals surface area contributed by atoms with Crippen molar-refractivity contribution in [1.82, 2.24) is 14.5 Å². The van der Waals surface area contributed by atoms with Gasteiger partial charge in [0.15, 0.2) is 0 Å². The molecule has 0 bridgehead atoms. The summed E-state index contributed by atoms with van der Waals surface area (Å²) in [5.41, 5.74) is 4.83. The van der Waals surface area contributed by atoms with Gasteiger partial charge in [0.25, 0.3) is 0 Å². The SMILES string of the molecule is COC(=O)Cn1c(C2CCN(C(=O)N(C)O)CC2)cc(-c2ccc(OC)cc2)c1-c1ccc(OC)cc1. The van der Waals surface area contributed by atoms with Crippen LogP contribution in [-0.4, -0.2) is 73.2 Å². The third-order valence-electron chi connectivity index (χ3n) is 6.87. The van der Waals surface area contributed by atoms with Crippen molar-refractivity contribution < 1.29 is 29.0 Å². The molecule has 4 rings (SSSR count). The van der Waals surface area contributed by atoms with E-state index in [1.807, 2.05) is 53.1 Å². The lowest BCUT2D eigenvalue weighted by atomic mass is 9.92. The zero-order chi connectivity index (χ0) is 26.5. The van der Waals surface area contributed by atoms with Gasteiger partial charge in [-0.3, -0.25) is 10.0 Å². The van der Waals surface area contributed by atoms with Crippen molar-refractivity contribution >= 4 is 12.0 Å². The molecule has 0 spiro atoms. The number of nitrogens with zero attached hydrogens (tertiary/aromatic N) is 3. The fraction of sp³-hybridized carbons (Fsp3) is 0.357. The molecule has 1 N–H and O–H groups in total. The highest BCUT2D eigenvalue weighted by Crippen LogP contribution is 2.41. The number of aromatic nitrogens is 1. The second kappa shape index (κ2) is 11.4. The lowest BCUT2D eigenvalue weighted by Gasteiger charge is -2.33. The van der Waals surface area contributed by atoms with Crippen molar-refractivity contribution in [2.24, 2.45) is 0 Å². The number of carbonyl (C=O) groups excluding carboxylic acids is 2. The molecule has 0 aliphatic carbocycles. The van der Waals surface area contributed by atoms with Crippen LogP contribution in [0.1, 0.15) is 24.5 Å². The molecule has 2 heterocycles. The molecule has 0 atom stereocenters. The monoisotopic (exact) mass is 507 g/mol. The number of methoxy groups -OCH3 is 3. The van der Waals surface area contributed by atoms with Crippen molar-refractivity contribution in [3.8, 4) is 33.9 Å². The van der Waals surface area contributed by atoms with Crippen LogP contribution in [0, 0.1) is 0 Å². The number of hydroxylamine groups is 2. The van der Waals surface area contributed by atoms with Crippen molar-refractivity contribution in [3.05, 3.63) is 60.3 Å². The molecule has 9 nitrogen and oxygen atoms in total. The van der Waals surface area contributed by atoms with Crippen molar-refractivity contribution in [1.29, 1.82) is 0 Å². The third-order valence-corrected chi connectivity index (χ3v) is 6.87. The van der Waals surface area contributed by atoms with E-state index < -0.39 is 6.03 Å². The minimum Gasteiger partial charge on any atom is -0.497 e. The topological polar surface area (TPSA) is 93.5 Å². The molecule has 1 saturated heterocycles. The average molecular weight is 508 g/mol. The van der Waals surface area contributed by atoms with Gasteiger partial charge in [0.2, 0.25) is 0 Å². The third kappa shape index (κ3) is 5.56. The Bertz CT molecular complexity index is 1230. The summed E-state index contributed by atoms with van der Waals surface area (Å²) >= 11 is 0. The number of carbonyl (C=O) groups is 2. The number of hydrogen-bond donors (Lipinski definition) is 1. The van der Waals surface area contributed by atoms with Gasteiger partial charge in [-0.25, -0.2) is 9.86 Å². The number of piperidine rings is 1. The van der Waals surface area contributed by atoms with Gasteiger partial charge >= 0.3 is 12.0 Å². The number of esters is 1. The fourth-order valence-electron chi connectivity index (χ4n) is 4.89. The molecular weight excluding hydrogens is 474 g/mol. The largest absolute Gasteiger partial charge is 0.497 e. The van der Waals surface area contributed by atoms with Crippen molar-refractivity contribution in [3.63, 3.8) is 0 Å². The van der Waals surface area contributed by atoms with Gasteiger partial charge in [0, 0.05) is 37.3 Å². The van der Waals surface area contributed by atoms with Gasteiger partial charge in [0.05, 0.1) is 27.0 Å². The lowest BCUT2D eigenvalue weighted by Crippen LogP contribution is -2.43. The van der Waals surface area contributed by atoms with Gasteiger partial charge in [0.1, 0.15) is 18.0 Å². The summed E-state index contributed by atoms with van der Waals surface area (Å²) in [5, 5.41) is 10.2. The van der Waals surface area contributed by atoms with E-state index in [4.69, 9.17) is 14.2 Å². The van der Waals surface area contributed by atoms with E-state index in [1.54, 1.807) is 19.1 Å². The molecule has 196 valence electrons. The first-order valence-electron chi connectivity index (χ1n) is 12.2. The molecule has 2 amide bonds. The summed E-state index contributed by atoms with van der Waals surface area (Å²) in [5.74, 6) is 1.27. The Labute approximate surface area is 216 Å². The van der Waals surface area contributed by atoms with Gasteiger partial charge in [-0.1, -0.05) is 12.1 Å². The molecule has 0 saturated carbocycles. The predicted molar refractivity (Wildman–Crippen MR) is 139 cm³/mol. The Kier molecular flexibility index (Phi) is 8.03. The van der Waals surface area contributed by atoms with Crippen LogP contribution < -0.4 is 9.47 Å². The van der Waals surface area contributed by atoms with E-state index in [0.717, 1.165) is 39.6 Å². The second-order valence-corrected chi connectivity index (χ2v) is 9.02. The Balaban J connectivity index is 1.82. The smallest absolute Gasteiger partial charge is 0.343 e. The van der Waals surface area contributed by atoms with E-state index in [1.165, 1.54) is 14.2 Å². The highest BCUT2D eigenvalue weighted by molar-refractivity contribution is 5.84. The van der Waals surface area contributed by atoms with E-state index in [2.05, 4.69) is 6.07 Å². The van der Waals surface area contributed by atoms with Crippen molar-refractivity contribution in [2.45, 2.75) is 25.3 Å². The van der Waals surface area contributed by atoms with Crippen LogP contribution in [0.3, 0.4) is 0 Å². The number of benzene rings is 2. The summed E-state index contributed by atoms with van der Waals surface area (Å²) < 4.78 is 17.8. The molecule has 0 radical (unpaired) electrons. The number of amides is 2. The van der Waals surface area contributed by atoms with Gasteiger partial charge in [-0.2, -0.15) is 0 Å². The number of likely N-dealkylation sites (tertiary alicyclic amines) is 1. The molecule has 1 aromatic heterocycles. The summed E-state index contributed by atoms with van der Waals surface area (Å²) in [6.07, 6.45) is 1.41. The lowest BCUT2D eigenvalue weighted by molar-refractivity contribution is -0.141. The predicted octanol–water partition coefficient (Wildman–Crippen LogP) is 4.63. The highest BCUT2D eigenvalue weighted by atomic mass is 16.5. The fourth-order valence-corrected chi connectivity index (χ4v) is 4.89. The normalized spacial score (nSPS) is 13.8. The summed E-state index contributed by atoms with van der Waals surface area (Å²) in [4.78, 5) is 26.5. The number of rotatable bonds is 7. The van der Waals surface area contributed by atoms with Gasteiger partial charge in [-0.05, 0) is 66.4 Å². The summed E-state index contributed by atoms with van der Waals surface area (Å²) in [7, 11) is 5.98.